The minimum Gasteiger partial charge on any atom is -0.292 e. The molecule has 0 aliphatic heterocycles. The number of hydrogen-bond donors (Lipinski definition) is 0. The highest BCUT2D eigenvalue weighted by Gasteiger charge is 2.73. The number of rotatable bonds is 1. The van der Waals surface area contributed by atoms with Gasteiger partial charge in [0.05, 0.1) is 0 Å². The van der Waals surface area contributed by atoms with Gasteiger partial charge in [0, 0.05) is 23.2 Å². The summed E-state index contributed by atoms with van der Waals surface area (Å²) in [5.74, 6) is 0.0733. The number of carbonyl (C=O) groups is 1. The van der Waals surface area contributed by atoms with Gasteiger partial charge in [-0.1, -0.05) is 13.8 Å². The van der Waals surface area contributed by atoms with Gasteiger partial charge in [-0.05, 0) is 12.3 Å². The Bertz CT molecular complexity index is 297. The molecule has 72 valence electrons. The van der Waals surface area contributed by atoms with Crippen molar-refractivity contribution in [3.8, 4) is 0 Å². The van der Waals surface area contributed by atoms with Crippen molar-refractivity contribution < 1.29 is 9.72 Å². The maximum Gasteiger partial charge on any atom is 0.284 e. The second-order valence-electron chi connectivity index (χ2n) is 4.70. The van der Waals surface area contributed by atoms with Crippen LogP contribution in [0.5, 0.6) is 0 Å². The molecule has 2 rings (SSSR count). The van der Waals surface area contributed by atoms with E-state index >= 15 is 0 Å². The molecule has 2 aliphatic carbocycles. The molecule has 0 amide bonds. The predicted octanol–water partition coefficient (Wildman–Crippen LogP) is 1.41. The lowest BCUT2D eigenvalue weighted by atomic mass is 9.76. The number of ketones is 1. The zero-order valence-corrected chi connectivity index (χ0v) is 7.87. The normalized spacial score (nSPS) is 41.1. The molecule has 2 atom stereocenters. The topological polar surface area (TPSA) is 60.2 Å². The Morgan fingerprint density at radius 1 is 1.54 bits per heavy atom. The van der Waals surface area contributed by atoms with E-state index in [2.05, 4.69) is 0 Å². The van der Waals surface area contributed by atoms with E-state index in [1.54, 1.807) is 0 Å². The molecule has 2 aliphatic rings. The molecule has 0 spiro atoms. The molecular weight excluding hydrogens is 170 g/mol. The first-order chi connectivity index (χ1) is 5.93. The van der Waals surface area contributed by atoms with Gasteiger partial charge in [0.1, 0.15) is 0 Å². The summed E-state index contributed by atoms with van der Waals surface area (Å²) >= 11 is 0. The van der Waals surface area contributed by atoms with Crippen molar-refractivity contribution in [3.63, 3.8) is 0 Å². The Labute approximate surface area is 76.5 Å². The highest BCUT2D eigenvalue weighted by molar-refractivity contribution is 5.92. The molecule has 2 fully saturated rings. The first-order valence-corrected chi connectivity index (χ1v) is 4.61. The number of nitrogens with zero attached hydrogens (tertiary/aromatic N) is 1. The van der Waals surface area contributed by atoms with E-state index in [1.807, 2.05) is 13.8 Å². The molecule has 0 aromatic rings. The maximum absolute atomic E-state index is 11.6. The Hall–Kier alpha value is -0.930. The summed E-state index contributed by atoms with van der Waals surface area (Å²) in [6.07, 6.45) is 1.68. The number of fused-ring (bicyclic) bond motifs is 2. The van der Waals surface area contributed by atoms with Crippen molar-refractivity contribution in [2.45, 2.75) is 38.6 Å². The van der Waals surface area contributed by atoms with Crippen LogP contribution in [-0.2, 0) is 4.79 Å². The zero-order chi connectivity index (χ0) is 9.85. The van der Waals surface area contributed by atoms with Gasteiger partial charge in [0.2, 0.25) is 5.78 Å². The van der Waals surface area contributed by atoms with Gasteiger partial charge in [-0.2, -0.15) is 0 Å². The highest BCUT2D eigenvalue weighted by atomic mass is 16.6. The van der Waals surface area contributed by atoms with Crippen molar-refractivity contribution in [1.29, 1.82) is 0 Å². The van der Waals surface area contributed by atoms with E-state index in [0.29, 0.717) is 12.8 Å². The van der Waals surface area contributed by atoms with Crippen LogP contribution in [0.15, 0.2) is 0 Å². The Kier molecular flexibility index (Phi) is 1.40. The van der Waals surface area contributed by atoms with Crippen LogP contribution in [0.2, 0.25) is 0 Å². The molecule has 0 radical (unpaired) electrons. The second kappa shape index (κ2) is 2.11. The number of Topliss-reactive ketones (excluding diaryl/α,β-unsaturated/α-hetero) is 1. The summed E-state index contributed by atoms with van der Waals surface area (Å²) in [4.78, 5) is 22.2. The highest BCUT2D eigenvalue weighted by Crippen LogP contribution is 2.59. The quantitative estimate of drug-likeness (QED) is 0.456. The maximum atomic E-state index is 11.6. The van der Waals surface area contributed by atoms with Gasteiger partial charge in [-0.25, -0.2) is 0 Å². The third-order valence-corrected chi connectivity index (χ3v) is 4.15. The van der Waals surface area contributed by atoms with Crippen LogP contribution in [0.3, 0.4) is 0 Å². The van der Waals surface area contributed by atoms with E-state index < -0.39 is 11.0 Å². The molecule has 0 heterocycles. The molecule has 0 aromatic carbocycles. The van der Waals surface area contributed by atoms with Crippen LogP contribution >= 0.6 is 0 Å². The third-order valence-electron chi connectivity index (χ3n) is 4.15. The average Bonchev–Trinajstić information content (AvgIpc) is 2.35. The van der Waals surface area contributed by atoms with Gasteiger partial charge < -0.3 is 0 Å². The van der Waals surface area contributed by atoms with Crippen LogP contribution in [0.4, 0.5) is 0 Å². The van der Waals surface area contributed by atoms with Gasteiger partial charge >= 0.3 is 0 Å². The first-order valence-electron chi connectivity index (χ1n) is 4.61. The fourth-order valence-corrected chi connectivity index (χ4v) is 3.08. The molecule has 0 N–H and O–H groups in total. The minimum absolute atomic E-state index is 0.154. The van der Waals surface area contributed by atoms with Crippen LogP contribution in [-0.4, -0.2) is 16.2 Å². The van der Waals surface area contributed by atoms with E-state index in [1.165, 1.54) is 0 Å². The SMILES string of the molecule is CC1(C)C2CC[C@@]1([N+](=O)[O-])C(=O)C2. The lowest BCUT2D eigenvalue weighted by Crippen LogP contribution is -2.50. The smallest absolute Gasteiger partial charge is 0.284 e. The van der Waals surface area contributed by atoms with Gasteiger partial charge in [0.15, 0.2) is 0 Å². The minimum atomic E-state index is -1.25. The van der Waals surface area contributed by atoms with E-state index in [-0.39, 0.29) is 16.6 Å². The van der Waals surface area contributed by atoms with Crippen molar-refractivity contribution in [2.24, 2.45) is 11.3 Å². The summed E-state index contributed by atoms with van der Waals surface area (Å²) in [5, 5.41) is 11.0. The summed E-state index contributed by atoms with van der Waals surface area (Å²) in [5.41, 5.74) is -1.69. The number of hydrogen-bond acceptors (Lipinski definition) is 3. The van der Waals surface area contributed by atoms with Crippen molar-refractivity contribution in [3.05, 3.63) is 10.1 Å². The lowest BCUT2D eigenvalue weighted by Gasteiger charge is -2.27. The van der Waals surface area contributed by atoms with Gasteiger partial charge in [0.25, 0.3) is 5.54 Å². The molecule has 4 heteroatoms. The van der Waals surface area contributed by atoms with Crippen LogP contribution in [0.1, 0.15) is 33.1 Å². The molecule has 0 aromatic heterocycles. The predicted molar refractivity (Wildman–Crippen MR) is 45.9 cm³/mol. The van der Waals surface area contributed by atoms with Gasteiger partial charge in [-0.15, -0.1) is 0 Å². The molecular formula is C9H13NO3. The molecule has 4 nitrogen and oxygen atoms in total. The molecule has 1 unspecified atom stereocenters. The summed E-state index contributed by atoms with van der Waals surface area (Å²) in [6, 6.07) is 0. The Balaban J connectivity index is 2.55. The Morgan fingerprint density at radius 2 is 2.15 bits per heavy atom. The standard InChI is InChI=1S/C9H13NO3/c1-8(2)6-3-4-9(8,10(12)13)7(11)5-6/h6H,3-5H2,1-2H3/t6?,9-/m1/s1. The van der Waals surface area contributed by atoms with E-state index in [4.69, 9.17) is 0 Å². The van der Waals surface area contributed by atoms with Gasteiger partial charge in [-0.3, -0.25) is 14.9 Å². The number of nitro groups is 1. The Morgan fingerprint density at radius 3 is 2.38 bits per heavy atom. The largest absolute Gasteiger partial charge is 0.292 e. The first kappa shape index (κ1) is 8.66. The average molecular weight is 183 g/mol. The molecule has 2 saturated carbocycles. The van der Waals surface area contributed by atoms with Crippen molar-refractivity contribution in [1.82, 2.24) is 0 Å². The third kappa shape index (κ3) is 0.700. The monoisotopic (exact) mass is 183 g/mol. The van der Waals surface area contributed by atoms with E-state index in [0.717, 1.165) is 6.42 Å². The molecule has 2 bridgehead atoms. The van der Waals surface area contributed by atoms with Crippen LogP contribution in [0, 0.1) is 21.4 Å². The summed E-state index contributed by atoms with van der Waals surface area (Å²) in [6.45, 7) is 3.72. The van der Waals surface area contributed by atoms with Crippen LogP contribution < -0.4 is 0 Å². The van der Waals surface area contributed by atoms with E-state index in [9.17, 15) is 14.9 Å². The van der Waals surface area contributed by atoms with Crippen molar-refractivity contribution in [2.75, 3.05) is 0 Å². The second-order valence-corrected chi connectivity index (χ2v) is 4.70. The summed E-state index contributed by atoms with van der Waals surface area (Å²) in [7, 11) is 0. The van der Waals surface area contributed by atoms with Crippen molar-refractivity contribution >= 4 is 5.78 Å². The fraction of sp³-hybridized carbons (Fsp3) is 0.889. The lowest BCUT2D eigenvalue weighted by molar-refractivity contribution is -0.565. The summed E-state index contributed by atoms with van der Waals surface area (Å²) < 4.78 is 0. The zero-order valence-electron chi connectivity index (χ0n) is 7.87. The number of carbonyl (C=O) groups excluding carboxylic acids is 1. The molecule has 13 heavy (non-hydrogen) atoms. The molecule has 0 saturated heterocycles. The fourth-order valence-electron chi connectivity index (χ4n) is 3.08. The van der Waals surface area contributed by atoms with Crippen LogP contribution in [0.25, 0.3) is 0 Å².